The number of nitrogens with two attached hydrogens (primary N) is 1. The van der Waals surface area contributed by atoms with Gasteiger partial charge in [0.2, 0.25) is 0 Å². The number of para-hydroxylation sites is 1. The maximum atomic E-state index is 10.7. The first-order chi connectivity index (χ1) is 7.25. The van der Waals surface area contributed by atoms with Crippen LogP contribution in [0.3, 0.4) is 0 Å². The first-order valence-electron chi connectivity index (χ1n) is 4.38. The molecule has 4 nitrogen and oxygen atoms in total. The Morgan fingerprint density at radius 1 is 1.13 bits per heavy atom. The molecule has 0 fully saturated rings. The van der Waals surface area contributed by atoms with Crippen LogP contribution < -0.4 is 10.5 Å². The van der Waals surface area contributed by atoms with Crippen LogP contribution in [-0.2, 0) is 0 Å². The van der Waals surface area contributed by atoms with Gasteiger partial charge in [-0.15, -0.1) is 0 Å². The lowest BCUT2D eigenvalue weighted by atomic mass is 10.3. The molecule has 0 aliphatic rings. The van der Waals surface area contributed by atoms with Gasteiger partial charge in [-0.05, 0) is 18.2 Å². The van der Waals surface area contributed by atoms with Crippen LogP contribution in [0.5, 0.6) is 11.7 Å². The Hall–Kier alpha value is -2.23. The zero-order valence-electron chi connectivity index (χ0n) is 7.84. The number of hydrogen-bond donors (Lipinski definition) is 1. The average molecular weight is 203 g/mol. The van der Waals surface area contributed by atoms with E-state index in [1.54, 1.807) is 18.2 Å². The van der Waals surface area contributed by atoms with Crippen molar-refractivity contribution in [2.75, 3.05) is 0 Å². The van der Waals surface area contributed by atoms with Crippen molar-refractivity contribution >= 4 is 5.91 Å². The van der Waals surface area contributed by atoms with Crippen molar-refractivity contribution in [2.24, 2.45) is 5.73 Å². The molecule has 2 rings (SSSR count). The zero-order chi connectivity index (χ0) is 10.7. The van der Waals surface area contributed by atoms with Crippen LogP contribution in [0.4, 0.5) is 0 Å². The number of carbonyl (C=O) groups is 1. The predicted molar refractivity (Wildman–Crippen MR) is 53.7 cm³/mol. The summed E-state index contributed by atoms with van der Waals surface area (Å²) in [7, 11) is 0. The van der Waals surface area contributed by atoms with E-state index < -0.39 is 5.91 Å². The fourth-order valence-corrected chi connectivity index (χ4v) is 1.11. The summed E-state index contributed by atoms with van der Waals surface area (Å²) in [5.41, 5.74) is 5.03. The number of carbonyl (C=O) groups excluding carboxylic acids is 1. The minimum absolute atomic E-state index is 0.0842. The second kappa shape index (κ2) is 3.88. The Labute approximate surface area is 86.3 Å². The molecule has 4 heteroatoms. The molecule has 0 radical (unpaired) electrons. The van der Waals surface area contributed by atoms with Crippen molar-refractivity contribution in [3.8, 4) is 11.7 Å². The molecule has 0 saturated heterocycles. The predicted octanol–water partition coefficient (Wildman–Crippen LogP) is 2.17. The van der Waals surface area contributed by atoms with Gasteiger partial charge in [0.15, 0.2) is 5.76 Å². The van der Waals surface area contributed by atoms with Gasteiger partial charge in [0.1, 0.15) is 5.75 Å². The molecule has 1 heterocycles. The third-order valence-electron chi connectivity index (χ3n) is 1.79. The number of rotatable bonds is 3. The first-order valence-corrected chi connectivity index (χ1v) is 4.38. The van der Waals surface area contributed by atoms with Gasteiger partial charge in [-0.1, -0.05) is 18.2 Å². The van der Waals surface area contributed by atoms with E-state index in [9.17, 15) is 4.79 Å². The van der Waals surface area contributed by atoms with Crippen molar-refractivity contribution < 1.29 is 13.9 Å². The molecular weight excluding hydrogens is 194 g/mol. The molecule has 0 unspecified atom stereocenters. The standard InChI is InChI=1S/C11H9NO3/c12-11(13)9-6-7-10(15-9)14-8-4-2-1-3-5-8/h1-7H,(H2,12,13). The van der Waals surface area contributed by atoms with E-state index >= 15 is 0 Å². The molecule has 2 N–H and O–H groups in total. The van der Waals surface area contributed by atoms with E-state index in [1.165, 1.54) is 6.07 Å². The quantitative estimate of drug-likeness (QED) is 0.831. The Bertz CT molecular complexity index is 462. The van der Waals surface area contributed by atoms with Crippen LogP contribution in [0, 0.1) is 0 Å². The van der Waals surface area contributed by atoms with E-state index in [2.05, 4.69) is 0 Å². The van der Waals surface area contributed by atoms with E-state index in [0.29, 0.717) is 5.75 Å². The summed E-state index contributed by atoms with van der Waals surface area (Å²) in [6.07, 6.45) is 0. The van der Waals surface area contributed by atoms with Crippen LogP contribution in [0.2, 0.25) is 0 Å². The smallest absolute Gasteiger partial charge is 0.290 e. The molecular formula is C11H9NO3. The van der Waals surface area contributed by atoms with Gasteiger partial charge in [-0.2, -0.15) is 0 Å². The minimum Gasteiger partial charge on any atom is -0.426 e. The molecule has 1 amide bonds. The molecule has 0 aliphatic carbocycles. The molecule has 15 heavy (non-hydrogen) atoms. The average Bonchev–Trinajstić information content (AvgIpc) is 2.68. The van der Waals surface area contributed by atoms with Crippen molar-refractivity contribution in [3.05, 3.63) is 48.2 Å². The van der Waals surface area contributed by atoms with Gasteiger partial charge in [-0.3, -0.25) is 4.79 Å². The SMILES string of the molecule is NC(=O)c1ccc(Oc2ccccc2)o1. The van der Waals surface area contributed by atoms with Gasteiger partial charge in [0.05, 0.1) is 0 Å². The molecule has 0 bridgehead atoms. The van der Waals surface area contributed by atoms with Crippen LogP contribution in [-0.4, -0.2) is 5.91 Å². The third kappa shape index (κ3) is 2.17. The molecule has 0 atom stereocenters. The van der Waals surface area contributed by atoms with E-state index in [0.717, 1.165) is 0 Å². The van der Waals surface area contributed by atoms with Crippen LogP contribution >= 0.6 is 0 Å². The molecule has 76 valence electrons. The highest BCUT2D eigenvalue weighted by Gasteiger charge is 2.07. The lowest BCUT2D eigenvalue weighted by Crippen LogP contribution is -2.09. The van der Waals surface area contributed by atoms with Crippen LogP contribution in [0.1, 0.15) is 10.6 Å². The largest absolute Gasteiger partial charge is 0.426 e. The van der Waals surface area contributed by atoms with Gasteiger partial charge in [0.25, 0.3) is 11.9 Å². The highest BCUT2D eigenvalue weighted by Crippen LogP contribution is 2.22. The number of hydrogen-bond acceptors (Lipinski definition) is 3. The third-order valence-corrected chi connectivity index (χ3v) is 1.79. The second-order valence-electron chi connectivity index (χ2n) is 2.90. The van der Waals surface area contributed by atoms with Gasteiger partial charge < -0.3 is 14.9 Å². The summed E-state index contributed by atoms with van der Waals surface area (Å²) in [4.78, 5) is 10.7. The molecule has 0 saturated carbocycles. The lowest BCUT2D eigenvalue weighted by molar-refractivity contribution is 0.0969. The zero-order valence-corrected chi connectivity index (χ0v) is 7.84. The number of amides is 1. The fraction of sp³-hybridized carbons (Fsp3) is 0. The molecule has 0 spiro atoms. The highest BCUT2D eigenvalue weighted by atomic mass is 16.6. The number of furan rings is 1. The minimum atomic E-state index is -0.613. The molecule has 2 aromatic rings. The van der Waals surface area contributed by atoms with Gasteiger partial charge in [0, 0.05) is 6.07 Å². The Morgan fingerprint density at radius 2 is 1.87 bits per heavy atom. The lowest BCUT2D eigenvalue weighted by Gasteiger charge is -1.99. The summed E-state index contributed by atoms with van der Waals surface area (Å²) in [5, 5.41) is 0. The Morgan fingerprint density at radius 3 is 2.47 bits per heavy atom. The van der Waals surface area contributed by atoms with Crippen LogP contribution in [0.15, 0.2) is 46.9 Å². The fourth-order valence-electron chi connectivity index (χ4n) is 1.11. The summed E-state index contributed by atoms with van der Waals surface area (Å²) >= 11 is 0. The number of ether oxygens (including phenoxy) is 1. The first kappa shape index (κ1) is 9.33. The van der Waals surface area contributed by atoms with Gasteiger partial charge in [-0.25, -0.2) is 0 Å². The number of primary amides is 1. The Balaban J connectivity index is 2.15. The molecule has 1 aromatic heterocycles. The van der Waals surface area contributed by atoms with Crippen LogP contribution in [0.25, 0.3) is 0 Å². The number of benzene rings is 1. The van der Waals surface area contributed by atoms with E-state index in [4.69, 9.17) is 14.9 Å². The van der Waals surface area contributed by atoms with E-state index in [1.807, 2.05) is 18.2 Å². The van der Waals surface area contributed by atoms with Crippen molar-refractivity contribution in [2.45, 2.75) is 0 Å². The summed E-state index contributed by atoms with van der Waals surface area (Å²) in [6.45, 7) is 0. The van der Waals surface area contributed by atoms with Crippen molar-refractivity contribution in [1.82, 2.24) is 0 Å². The highest BCUT2D eigenvalue weighted by molar-refractivity contribution is 5.89. The topological polar surface area (TPSA) is 65.5 Å². The summed E-state index contributed by atoms with van der Waals surface area (Å²) in [5.74, 6) is 0.358. The Kier molecular flexibility index (Phi) is 2.41. The molecule has 0 aliphatic heterocycles. The maximum Gasteiger partial charge on any atom is 0.290 e. The summed E-state index contributed by atoms with van der Waals surface area (Å²) in [6, 6.07) is 12.1. The van der Waals surface area contributed by atoms with Gasteiger partial charge >= 0.3 is 0 Å². The van der Waals surface area contributed by atoms with Crippen molar-refractivity contribution in [1.29, 1.82) is 0 Å². The second-order valence-corrected chi connectivity index (χ2v) is 2.90. The normalized spacial score (nSPS) is 9.87. The van der Waals surface area contributed by atoms with Crippen molar-refractivity contribution in [3.63, 3.8) is 0 Å². The summed E-state index contributed by atoms with van der Waals surface area (Å²) < 4.78 is 10.4. The maximum absolute atomic E-state index is 10.7. The van der Waals surface area contributed by atoms with E-state index in [-0.39, 0.29) is 11.7 Å². The monoisotopic (exact) mass is 203 g/mol. The molecule has 1 aromatic carbocycles.